The van der Waals surface area contributed by atoms with E-state index >= 15 is 0 Å². The Hall–Kier alpha value is -3.59. The van der Waals surface area contributed by atoms with Crippen LogP contribution in [-0.2, 0) is 23.9 Å². The van der Waals surface area contributed by atoms with Crippen molar-refractivity contribution in [2.75, 3.05) is 19.5 Å². The lowest BCUT2D eigenvalue weighted by atomic mass is 10.1. The number of carbonyl (C=O) groups is 1. The molecule has 0 aliphatic rings. The lowest BCUT2D eigenvalue weighted by molar-refractivity contribution is -0.139. The normalized spacial score (nSPS) is 11.6. The van der Waals surface area contributed by atoms with Crippen molar-refractivity contribution in [2.24, 2.45) is 0 Å². The zero-order valence-corrected chi connectivity index (χ0v) is 21.2. The van der Waals surface area contributed by atoms with Crippen molar-refractivity contribution in [2.45, 2.75) is 31.0 Å². The first-order chi connectivity index (χ1) is 17.7. The fourth-order valence-corrected chi connectivity index (χ4v) is 5.22. The summed E-state index contributed by atoms with van der Waals surface area (Å²) in [5, 5.41) is 9.97. The highest BCUT2D eigenvalue weighted by Crippen LogP contribution is 2.36. The Kier molecular flexibility index (Phi) is 8.02. The Morgan fingerprint density at radius 1 is 1.05 bits per heavy atom. The van der Waals surface area contributed by atoms with Gasteiger partial charge in [0.1, 0.15) is 11.5 Å². The van der Waals surface area contributed by atoms with Crippen LogP contribution in [-0.4, -0.2) is 35.1 Å². The van der Waals surface area contributed by atoms with Crippen LogP contribution < -0.4 is 9.47 Å². The summed E-state index contributed by atoms with van der Waals surface area (Å²) in [5.41, 5.74) is 3.12. The van der Waals surface area contributed by atoms with Crippen molar-refractivity contribution in [1.29, 1.82) is 0 Å². The molecule has 0 spiro atoms. The molecule has 0 aliphatic heterocycles. The number of thioether (sulfide) groups is 1. The van der Waals surface area contributed by atoms with E-state index in [4.69, 9.17) is 14.6 Å². The van der Waals surface area contributed by atoms with Gasteiger partial charge >= 0.3 is 12.1 Å². The molecule has 194 valence electrons. The number of aliphatic carboxylic acids is 1. The number of hydrogen-bond donors (Lipinski definition) is 1. The number of para-hydroxylation sites is 1. The number of alkyl halides is 3. The maximum Gasteiger partial charge on any atom is 0.416 e. The van der Waals surface area contributed by atoms with Crippen LogP contribution in [0.15, 0.2) is 71.8 Å². The zero-order valence-electron chi connectivity index (χ0n) is 20.3. The van der Waals surface area contributed by atoms with Crippen LogP contribution in [0, 0.1) is 6.92 Å². The zero-order chi connectivity index (χ0) is 26.6. The summed E-state index contributed by atoms with van der Waals surface area (Å²) in [5.74, 6) is 0.796. The van der Waals surface area contributed by atoms with Gasteiger partial charge in [-0.05, 0) is 54.3 Å². The number of ether oxygens (including phenoxy) is 2. The average molecular weight is 530 g/mol. The third-order valence-corrected chi connectivity index (χ3v) is 6.98. The van der Waals surface area contributed by atoms with Crippen molar-refractivity contribution in [3.63, 3.8) is 0 Å². The van der Waals surface area contributed by atoms with Gasteiger partial charge in [0, 0.05) is 40.4 Å². The number of halogens is 3. The largest absolute Gasteiger partial charge is 0.495 e. The molecule has 0 fully saturated rings. The SMILES string of the molecule is COc1cc(OCC(=O)O)c(C)cc1SCCc1cn(Cc2ccc(C(F)(F)F)cc2)c2ccccc12. The van der Waals surface area contributed by atoms with E-state index in [-0.39, 0.29) is 0 Å². The van der Waals surface area contributed by atoms with Crippen LogP contribution in [0.3, 0.4) is 0 Å². The highest BCUT2D eigenvalue weighted by atomic mass is 32.2. The second-order valence-electron chi connectivity index (χ2n) is 8.54. The topological polar surface area (TPSA) is 60.7 Å². The summed E-state index contributed by atoms with van der Waals surface area (Å²) in [6.45, 7) is 1.90. The first kappa shape index (κ1) is 26.5. The molecule has 1 aromatic heterocycles. The smallest absolute Gasteiger partial charge is 0.416 e. The first-order valence-electron chi connectivity index (χ1n) is 11.5. The van der Waals surface area contributed by atoms with Gasteiger partial charge in [-0.1, -0.05) is 30.3 Å². The number of methoxy groups -OCH3 is 1. The Balaban J connectivity index is 1.49. The van der Waals surface area contributed by atoms with Crippen molar-refractivity contribution in [1.82, 2.24) is 4.57 Å². The van der Waals surface area contributed by atoms with Gasteiger partial charge in [0.25, 0.3) is 0 Å². The van der Waals surface area contributed by atoms with Crippen molar-refractivity contribution in [3.05, 3.63) is 89.1 Å². The Morgan fingerprint density at radius 2 is 1.78 bits per heavy atom. The highest BCUT2D eigenvalue weighted by Gasteiger charge is 2.29. The summed E-state index contributed by atoms with van der Waals surface area (Å²) >= 11 is 1.63. The molecule has 5 nitrogen and oxygen atoms in total. The third-order valence-electron chi connectivity index (χ3n) is 5.95. The van der Waals surface area contributed by atoms with E-state index in [1.807, 2.05) is 31.2 Å². The van der Waals surface area contributed by atoms with Gasteiger partial charge < -0.3 is 19.1 Å². The minimum Gasteiger partial charge on any atom is -0.495 e. The van der Waals surface area contributed by atoms with Gasteiger partial charge in [0.05, 0.1) is 12.7 Å². The Labute approximate surface area is 216 Å². The van der Waals surface area contributed by atoms with Crippen molar-refractivity contribution >= 4 is 28.6 Å². The monoisotopic (exact) mass is 529 g/mol. The van der Waals surface area contributed by atoms with Crippen molar-refractivity contribution < 1.29 is 32.5 Å². The molecule has 0 bridgehead atoms. The molecule has 1 N–H and O–H groups in total. The Bertz CT molecular complexity index is 1400. The predicted molar refractivity (Wildman–Crippen MR) is 138 cm³/mol. The van der Waals surface area contributed by atoms with Crippen LogP contribution in [0.4, 0.5) is 13.2 Å². The molecule has 37 heavy (non-hydrogen) atoms. The molecule has 3 aromatic carbocycles. The molecule has 0 radical (unpaired) electrons. The van der Waals surface area contributed by atoms with Gasteiger partial charge in [-0.25, -0.2) is 4.79 Å². The first-order valence-corrected chi connectivity index (χ1v) is 12.5. The molecule has 4 aromatic rings. The standard InChI is InChI=1S/C28H26F3NO4S/c1-18-13-26(25(35-2)14-24(18)36-17-27(33)34)37-12-11-20-16-32(23-6-4-3-5-22(20)23)15-19-7-9-21(10-8-19)28(29,30)31/h3-10,13-14,16H,11-12,15,17H2,1-2H3,(H,33,34). The summed E-state index contributed by atoms with van der Waals surface area (Å²) in [6.07, 6.45) is -1.52. The van der Waals surface area contributed by atoms with Gasteiger partial charge in [0.15, 0.2) is 6.61 Å². The number of fused-ring (bicyclic) bond motifs is 1. The lowest BCUT2D eigenvalue weighted by Gasteiger charge is -2.13. The number of aromatic nitrogens is 1. The van der Waals surface area contributed by atoms with Gasteiger partial charge in [0.2, 0.25) is 0 Å². The van der Waals surface area contributed by atoms with E-state index in [9.17, 15) is 18.0 Å². The number of carboxylic acids is 1. The average Bonchev–Trinajstić information content (AvgIpc) is 3.20. The van der Waals surface area contributed by atoms with Crippen molar-refractivity contribution in [3.8, 4) is 11.5 Å². The molecule has 0 amide bonds. The highest BCUT2D eigenvalue weighted by molar-refractivity contribution is 7.99. The van der Waals surface area contributed by atoms with E-state index in [1.165, 1.54) is 12.1 Å². The molecule has 0 saturated carbocycles. The summed E-state index contributed by atoms with van der Waals surface area (Å²) < 4.78 is 51.6. The lowest BCUT2D eigenvalue weighted by Crippen LogP contribution is -2.10. The molecule has 1 heterocycles. The van der Waals surface area contributed by atoms with Crippen LogP contribution in [0.2, 0.25) is 0 Å². The number of rotatable bonds is 10. The molecular formula is C28H26F3NO4S. The maximum atomic E-state index is 12.9. The van der Waals surface area contributed by atoms with Crippen LogP contribution >= 0.6 is 11.8 Å². The second kappa shape index (κ2) is 11.2. The maximum absolute atomic E-state index is 12.9. The fraction of sp³-hybridized carbons (Fsp3) is 0.250. The van der Waals surface area contributed by atoms with Gasteiger partial charge in [-0.3, -0.25) is 0 Å². The van der Waals surface area contributed by atoms with Gasteiger partial charge in [-0.2, -0.15) is 13.2 Å². The summed E-state index contributed by atoms with van der Waals surface area (Å²) in [4.78, 5) is 11.8. The molecular weight excluding hydrogens is 503 g/mol. The number of benzene rings is 3. The summed E-state index contributed by atoms with van der Waals surface area (Å²) in [6, 6.07) is 16.9. The second-order valence-corrected chi connectivity index (χ2v) is 9.68. The minimum absolute atomic E-state index is 0.424. The number of aryl methyl sites for hydroxylation is 2. The molecule has 9 heteroatoms. The Morgan fingerprint density at radius 3 is 2.46 bits per heavy atom. The van der Waals surface area contributed by atoms with E-state index in [2.05, 4.69) is 16.8 Å². The van der Waals surface area contributed by atoms with E-state index in [0.717, 1.165) is 56.8 Å². The van der Waals surface area contributed by atoms with E-state index in [1.54, 1.807) is 24.9 Å². The third kappa shape index (κ3) is 6.40. The van der Waals surface area contributed by atoms with Crippen LogP contribution in [0.1, 0.15) is 22.3 Å². The predicted octanol–water partition coefficient (Wildman–Crippen LogP) is 6.82. The minimum atomic E-state index is -4.35. The molecule has 0 atom stereocenters. The summed E-state index contributed by atoms with van der Waals surface area (Å²) in [7, 11) is 1.56. The number of hydrogen-bond acceptors (Lipinski definition) is 4. The number of carboxylic acid groups (broad SMARTS) is 1. The van der Waals surface area contributed by atoms with Gasteiger partial charge in [-0.15, -0.1) is 11.8 Å². The van der Waals surface area contributed by atoms with Crippen LogP contribution in [0.5, 0.6) is 11.5 Å². The van der Waals surface area contributed by atoms with E-state index < -0.39 is 24.3 Å². The fourth-order valence-electron chi connectivity index (χ4n) is 4.13. The molecule has 4 rings (SSSR count). The molecule has 0 unspecified atom stereocenters. The van der Waals surface area contributed by atoms with E-state index in [0.29, 0.717) is 18.0 Å². The molecule has 0 saturated heterocycles. The quantitative estimate of drug-likeness (QED) is 0.228. The van der Waals surface area contributed by atoms with Crippen LogP contribution in [0.25, 0.3) is 10.9 Å². The number of nitrogens with zero attached hydrogens (tertiary/aromatic N) is 1. The molecule has 0 aliphatic carbocycles.